The molecule has 5 heteroatoms. The third-order valence-corrected chi connectivity index (χ3v) is 2.64. The Balaban J connectivity index is 0. The Labute approximate surface area is 119 Å². The van der Waals surface area contributed by atoms with E-state index >= 15 is 0 Å². The lowest BCUT2D eigenvalue weighted by molar-refractivity contribution is 0.324. The van der Waals surface area contributed by atoms with E-state index in [-0.39, 0.29) is 24.8 Å². The van der Waals surface area contributed by atoms with Crippen molar-refractivity contribution in [1.82, 2.24) is 4.90 Å². The molecule has 0 spiro atoms. The van der Waals surface area contributed by atoms with Gasteiger partial charge < -0.3 is 10.6 Å². The summed E-state index contributed by atoms with van der Waals surface area (Å²) in [6, 6.07) is 8.43. The van der Waals surface area contributed by atoms with Gasteiger partial charge in [-0.15, -0.1) is 24.8 Å². The molecule has 0 aliphatic heterocycles. The number of halogens is 3. The molecule has 0 aliphatic rings. The molecule has 2 N–H and O–H groups in total. The zero-order chi connectivity index (χ0) is 10.4. The highest BCUT2D eigenvalue weighted by Crippen LogP contribution is 2.11. The van der Waals surface area contributed by atoms with Crippen LogP contribution in [0.2, 0.25) is 0 Å². The van der Waals surface area contributed by atoms with E-state index in [2.05, 4.69) is 52.1 Å². The molecule has 2 nitrogen and oxygen atoms in total. The summed E-state index contributed by atoms with van der Waals surface area (Å²) in [5.74, 6) is 0. The second kappa shape index (κ2) is 10.4. The zero-order valence-corrected chi connectivity index (χ0v) is 12.6. The van der Waals surface area contributed by atoms with Crippen molar-refractivity contribution < 1.29 is 0 Å². The molecule has 0 saturated heterocycles. The first kappa shape index (κ1) is 18.6. The molecule has 0 bridgehead atoms. The Bertz CT molecular complexity index is 267. The average Bonchev–Trinajstić information content (AvgIpc) is 2.18. The van der Waals surface area contributed by atoms with Crippen molar-refractivity contribution in [3.05, 3.63) is 34.3 Å². The second-order valence-electron chi connectivity index (χ2n) is 3.51. The van der Waals surface area contributed by atoms with Crippen LogP contribution in [0, 0.1) is 0 Å². The summed E-state index contributed by atoms with van der Waals surface area (Å²) >= 11 is 3.42. The van der Waals surface area contributed by atoms with Gasteiger partial charge in [-0.05, 0) is 44.3 Å². The van der Waals surface area contributed by atoms with E-state index in [0.29, 0.717) is 0 Å². The fraction of sp³-hybridized carbons (Fsp3) is 0.455. The lowest BCUT2D eigenvalue weighted by Gasteiger charge is -2.15. The van der Waals surface area contributed by atoms with Gasteiger partial charge in [0, 0.05) is 11.0 Å². The molecule has 94 valence electrons. The van der Waals surface area contributed by atoms with Crippen molar-refractivity contribution in [1.29, 1.82) is 0 Å². The molecule has 0 radical (unpaired) electrons. The van der Waals surface area contributed by atoms with E-state index in [4.69, 9.17) is 5.73 Å². The summed E-state index contributed by atoms with van der Waals surface area (Å²) in [5.41, 5.74) is 6.80. The normalized spacial score (nSPS) is 9.50. The van der Waals surface area contributed by atoms with Crippen molar-refractivity contribution >= 4 is 40.7 Å². The second-order valence-corrected chi connectivity index (χ2v) is 4.42. The monoisotopic (exact) mass is 328 g/mol. The molecule has 1 aromatic carbocycles. The Morgan fingerprint density at radius 3 is 2.25 bits per heavy atom. The quantitative estimate of drug-likeness (QED) is 0.899. The number of nitrogens with zero attached hydrogens (tertiary/aromatic N) is 1. The molecule has 1 rings (SSSR count). The number of nitrogens with two attached hydrogens (primary N) is 1. The first-order valence-electron chi connectivity index (χ1n) is 4.85. The van der Waals surface area contributed by atoms with Crippen LogP contribution in [0.5, 0.6) is 0 Å². The third-order valence-electron chi connectivity index (χ3n) is 2.11. The molecule has 16 heavy (non-hydrogen) atoms. The SMILES string of the molecule is CN(CCCN)Cc1ccc(Br)cc1.Cl.Cl. The highest BCUT2D eigenvalue weighted by molar-refractivity contribution is 9.10. The lowest BCUT2D eigenvalue weighted by atomic mass is 10.2. The first-order chi connectivity index (χ1) is 6.72. The molecule has 0 fully saturated rings. The first-order valence-corrected chi connectivity index (χ1v) is 5.64. The van der Waals surface area contributed by atoms with Crippen molar-refractivity contribution in [3.63, 3.8) is 0 Å². The van der Waals surface area contributed by atoms with E-state index in [1.807, 2.05) is 0 Å². The Kier molecular flexibility index (Phi) is 12.0. The summed E-state index contributed by atoms with van der Waals surface area (Å²) in [4.78, 5) is 2.29. The van der Waals surface area contributed by atoms with Crippen LogP contribution in [0.3, 0.4) is 0 Å². The van der Waals surface area contributed by atoms with E-state index in [0.717, 1.165) is 30.5 Å². The maximum absolute atomic E-state index is 5.46. The van der Waals surface area contributed by atoms with Crippen LogP contribution in [0.1, 0.15) is 12.0 Å². The molecule has 1 aromatic rings. The number of rotatable bonds is 5. The lowest BCUT2D eigenvalue weighted by Crippen LogP contribution is -2.21. The van der Waals surface area contributed by atoms with Gasteiger partial charge in [-0.1, -0.05) is 28.1 Å². The van der Waals surface area contributed by atoms with Crippen LogP contribution in [-0.2, 0) is 6.54 Å². The van der Waals surface area contributed by atoms with Gasteiger partial charge in [-0.2, -0.15) is 0 Å². The van der Waals surface area contributed by atoms with Gasteiger partial charge >= 0.3 is 0 Å². The third kappa shape index (κ3) is 7.47. The molecule has 0 aromatic heterocycles. The van der Waals surface area contributed by atoms with Crippen LogP contribution in [-0.4, -0.2) is 25.0 Å². The van der Waals surface area contributed by atoms with Crippen molar-refractivity contribution in [2.75, 3.05) is 20.1 Å². The zero-order valence-electron chi connectivity index (χ0n) is 9.36. The molecule has 0 unspecified atom stereocenters. The van der Waals surface area contributed by atoms with Gasteiger partial charge in [0.25, 0.3) is 0 Å². The van der Waals surface area contributed by atoms with Gasteiger partial charge in [0.05, 0.1) is 0 Å². The average molecular weight is 330 g/mol. The van der Waals surface area contributed by atoms with Crippen LogP contribution < -0.4 is 5.73 Å². The molecule has 0 saturated carbocycles. The summed E-state index contributed by atoms with van der Waals surface area (Å²) < 4.78 is 1.13. The van der Waals surface area contributed by atoms with Crippen molar-refractivity contribution in [2.45, 2.75) is 13.0 Å². The topological polar surface area (TPSA) is 29.3 Å². The number of hydrogen-bond acceptors (Lipinski definition) is 2. The van der Waals surface area contributed by atoms with Gasteiger partial charge in [-0.25, -0.2) is 0 Å². The Morgan fingerprint density at radius 2 is 1.75 bits per heavy atom. The Hall–Kier alpha value is 0.200. The summed E-state index contributed by atoms with van der Waals surface area (Å²) in [7, 11) is 2.12. The predicted octanol–water partition coefficient (Wildman–Crippen LogP) is 3.07. The van der Waals surface area contributed by atoms with Crippen molar-refractivity contribution in [2.24, 2.45) is 5.73 Å². The summed E-state index contributed by atoms with van der Waals surface area (Å²) in [5, 5.41) is 0. The molecule has 0 aliphatic carbocycles. The minimum Gasteiger partial charge on any atom is -0.330 e. The minimum absolute atomic E-state index is 0. The van der Waals surface area contributed by atoms with E-state index in [1.165, 1.54) is 5.56 Å². The maximum Gasteiger partial charge on any atom is 0.0230 e. The number of benzene rings is 1. The fourth-order valence-electron chi connectivity index (χ4n) is 1.34. The number of hydrogen-bond donors (Lipinski definition) is 1. The van der Waals surface area contributed by atoms with Gasteiger partial charge in [0.2, 0.25) is 0 Å². The van der Waals surface area contributed by atoms with Crippen LogP contribution in [0.15, 0.2) is 28.7 Å². The predicted molar refractivity (Wildman–Crippen MR) is 78.6 cm³/mol. The fourth-order valence-corrected chi connectivity index (χ4v) is 1.61. The largest absolute Gasteiger partial charge is 0.330 e. The van der Waals surface area contributed by atoms with Crippen molar-refractivity contribution in [3.8, 4) is 0 Å². The summed E-state index contributed by atoms with van der Waals surface area (Å²) in [6.07, 6.45) is 1.06. The van der Waals surface area contributed by atoms with Gasteiger partial charge in [0.15, 0.2) is 0 Å². The highest BCUT2D eigenvalue weighted by Gasteiger charge is 1.99. The van der Waals surface area contributed by atoms with Gasteiger partial charge in [-0.3, -0.25) is 0 Å². The smallest absolute Gasteiger partial charge is 0.0230 e. The molecule has 0 atom stereocenters. The van der Waals surface area contributed by atoms with E-state index < -0.39 is 0 Å². The molecular weight excluding hydrogens is 311 g/mol. The molecule has 0 heterocycles. The maximum atomic E-state index is 5.46. The van der Waals surface area contributed by atoms with Gasteiger partial charge in [0.1, 0.15) is 0 Å². The van der Waals surface area contributed by atoms with Crippen LogP contribution >= 0.6 is 40.7 Å². The van der Waals surface area contributed by atoms with Crippen LogP contribution in [0.4, 0.5) is 0 Å². The minimum atomic E-state index is 0. The molecule has 0 amide bonds. The summed E-state index contributed by atoms with van der Waals surface area (Å²) in [6.45, 7) is 2.82. The molecular formula is C11H19BrCl2N2. The van der Waals surface area contributed by atoms with E-state index in [9.17, 15) is 0 Å². The highest BCUT2D eigenvalue weighted by atomic mass is 79.9. The van der Waals surface area contributed by atoms with E-state index in [1.54, 1.807) is 0 Å². The Morgan fingerprint density at radius 1 is 1.19 bits per heavy atom. The standard InChI is InChI=1S/C11H17BrN2.2ClH/c1-14(8-2-7-13)9-10-3-5-11(12)6-4-10;;/h3-6H,2,7-9,13H2,1H3;2*1H. The van der Waals surface area contributed by atoms with Crippen LogP contribution in [0.25, 0.3) is 0 Å².